The van der Waals surface area contributed by atoms with E-state index in [1.165, 1.54) is 6.92 Å². The monoisotopic (exact) mass is 492 g/mol. The number of fused-ring (bicyclic) bond motifs is 1. The highest BCUT2D eigenvalue weighted by Crippen LogP contribution is 2.36. The van der Waals surface area contributed by atoms with E-state index in [2.05, 4.69) is 30.8 Å². The molecule has 0 aromatic carbocycles. The molecule has 0 radical (unpaired) electrons. The number of aromatic nitrogens is 4. The topological polar surface area (TPSA) is 151 Å². The number of ketones is 1. The van der Waals surface area contributed by atoms with Gasteiger partial charge < -0.3 is 25.1 Å². The summed E-state index contributed by atoms with van der Waals surface area (Å²) in [6.07, 6.45) is 6.62. The van der Waals surface area contributed by atoms with Crippen LogP contribution >= 0.6 is 0 Å². The zero-order chi connectivity index (χ0) is 25.9. The Bertz CT molecular complexity index is 1330. The predicted molar refractivity (Wildman–Crippen MR) is 133 cm³/mol. The molecule has 3 aromatic heterocycles. The lowest BCUT2D eigenvalue weighted by Gasteiger charge is -2.19. The van der Waals surface area contributed by atoms with Crippen LogP contribution in [0.15, 0.2) is 30.7 Å². The number of Topliss-reactive ketones (excluding diaryl/α,β-unsaturated/α-hetero) is 1. The van der Waals surface area contributed by atoms with Crippen molar-refractivity contribution in [3.63, 3.8) is 0 Å². The number of ether oxygens (including phenoxy) is 2. The highest BCUT2D eigenvalue weighted by atomic mass is 16.6. The van der Waals surface area contributed by atoms with Crippen molar-refractivity contribution in [1.29, 1.82) is 0 Å². The molecule has 0 unspecified atom stereocenters. The smallest absolute Gasteiger partial charge is 0.407 e. The number of H-pyrrole nitrogens is 2. The minimum atomic E-state index is -0.554. The fourth-order valence-corrected chi connectivity index (χ4v) is 3.65. The maximum atomic E-state index is 12.6. The van der Waals surface area contributed by atoms with Crippen molar-refractivity contribution < 1.29 is 23.9 Å². The average Bonchev–Trinajstić information content (AvgIpc) is 3.52. The molecule has 0 saturated heterocycles. The minimum Gasteiger partial charge on any atom is -0.477 e. The van der Waals surface area contributed by atoms with Gasteiger partial charge in [0.25, 0.3) is 5.91 Å². The van der Waals surface area contributed by atoms with E-state index in [0.29, 0.717) is 64.8 Å². The van der Waals surface area contributed by atoms with Gasteiger partial charge in [0.2, 0.25) is 5.88 Å². The van der Waals surface area contributed by atoms with Gasteiger partial charge in [-0.05, 0) is 52.3 Å². The molecular weight excluding hydrogens is 464 g/mol. The van der Waals surface area contributed by atoms with Gasteiger partial charge >= 0.3 is 6.09 Å². The van der Waals surface area contributed by atoms with Crippen LogP contribution in [0.5, 0.6) is 5.88 Å². The van der Waals surface area contributed by atoms with Crippen LogP contribution in [0.4, 0.5) is 10.6 Å². The molecule has 11 nitrogen and oxygen atoms in total. The van der Waals surface area contributed by atoms with Crippen molar-refractivity contribution in [2.45, 2.75) is 39.7 Å². The third-order valence-electron chi connectivity index (χ3n) is 5.25. The van der Waals surface area contributed by atoms with Crippen LogP contribution in [0.3, 0.4) is 0 Å². The first-order valence-electron chi connectivity index (χ1n) is 11.5. The van der Waals surface area contributed by atoms with E-state index in [9.17, 15) is 14.4 Å². The van der Waals surface area contributed by atoms with Crippen LogP contribution in [0.1, 0.15) is 55.7 Å². The first-order chi connectivity index (χ1) is 17.1. The molecule has 11 heteroatoms. The summed E-state index contributed by atoms with van der Waals surface area (Å²) >= 11 is 0. The van der Waals surface area contributed by atoms with E-state index in [1.54, 1.807) is 51.5 Å². The molecule has 4 rings (SSSR count). The lowest BCUT2D eigenvalue weighted by atomic mass is 10.0. The van der Waals surface area contributed by atoms with E-state index in [-0.39, 0.29) is 11.7 Å². The summed E-state index contributed by atoms with van der Waals surface area (Å²) in [7, 11) is 0. The summed E-state index contributed by atoms with van der Waals surface area (Å²) in [5.41, 5.74) is 2.87. The molecule has 188 valence electrons. The number of aromatic amines is 2. The number of rotatable bonds is 8. The quantitative estimate of drug-likeness (QED) is 0.212. The molecular formula is C25H28N6O5. The van der Waals surface area contributed by atoms with Crippen LogP contribution in [0, 0.1) is 0 Å². The second-order valence-corrected chi connectivity index (χ2v) is 9.24. The van der Waals surface area contributed by atoms with Crippen LogP contribution in [0.2, 0.25) is 0 Å². The van der Waals surface area contributed by atoms with Gasteiger partial charge in [-0.3, -0.25) is 9.59 Å². The van der Waals surface area contributed by atoms with Crippen LogP contribution in [0.25, 0.3) is 22.8 Å². The number of anilines is 1. The summed E-state index contributed by atoms with van der Waals surface area (Å²) in [6, 6.07) is 3.50. The molecule has 0 spiro atoms. The Kier molecular flexibility index (Phi) is 6.91. The fourth-order valence-electron chi connectivity index (χ4n) is 3.65. The summed E-state index contributed by atoms with van der Waals surface area (Å²) in [4.78, 5) is 43.6. The maximum Gasteiger partial charge on any atom is 0.407 e. The number of nitrogens with one attached hydrogen (secondary N) is 4. The number of hydrogen-bond acceptors (Lipinski definition) is 7. The zero-order valence-corrected chi connectivity index (χ0v) is 20.5. The number of amides is 2. The highest BCUT2D eigenvalue weighted by molar-refractivity contribution is 6.34. The second-order valence-electron chi connectivity index (χ2n) is 9.24. The highest BCUT2D eigenvalue weighted by Gasteiger charge is 2.27. The van der Waals surface area contributed by atoms with Gasteiger partial charge in [0.1, 0.15) is 11.4 Å². The molecule has 0 aliphatic carbocycles. The Morgan fingerprint density at radius 3 is 2.75 bits per heavy atom. The van der Waals surface area contributed by atoms with Gasteiger partial charge in [0.05, 0.1) is 23.9 Å². The predicted octanol–water partition coefficient (Wildman–Crippen LogP) is 3.79. The molecule has 0 fully saturated rings. The largest absolute Gasteiger partial charge is 0.477 e. The molecule has 1 aliphatic rings. The van der Waals surface area contributed by atoms with E-state index < -0.39 is 11.7 Å². The first kappa shape index (κ1) is 24.7. The zero-order valence-electron chi connectivity index (χ0n) is 20.5. The lowest BCUT2D eigenvalue weighted by molar-refractivity contribution is -0.110. The van der Waals surface area contributed by atoms with E-state index in [0.717, 1.165) is 0 Å². The Labute approximate surface area is 207 Å². The Hall–Kier alpha value is -4.41. The molecule has 0 bridgehead atoms. The molecule has 2 amide bonds. The summed E-state index contributed by atoms with van der Waals surface area (Å²) < 4.78 is 11.0. The molecule has 0 saturated carbocycles. The molecule has 36 heavy (non-hydrogen) atoms. The number of carbonyl (C=O) groups is 3. The standard InChI is InChI=1S/C25H28N6O5/c1-14(32)16-6-8-26-20(16)11-18-17-10-15(12-28-21(17)30-22(18)33)19-13-29-31-23(19)35-9-5-7-27-24(34)36-25(2,3)4/h6,8,10-13,26H,5,7,9H2,1-4H3,(H,27,34)(H,29,31)(H,28,30,33)/b18-11-. The fraction of sp³-hybridized carbons (Fsp3) is 0.320. The van der Waals surface area contributed by atoms with Crippen LogP contribution < -0.4 is 15.4 Å². The number of pyridine rings is 1. The number of nitrogens with zero attached hydrogens (tertiary/aromatic N) is 2. The van der Waals surface area contributed by atoms with Crippen LogP contribution in [-0.4, -0.2) is 56.7 Å². The Balaban J connectivity index is 1.46. The Morgan fingerprint density at radius 1 is 1.19 bits per heavy atom. The van der Waals surface area contributed by atoms with Crippen molar-refractivity contribution in [2.24, 2.45) is 0 Å². The van der Waals surface area contributed by atoms with Gasteiger partial charge in [-0.2, -0.15) is 5.10 Å². The van der Waals surface area contributed by atoms with Crippen molar-refractivity contribution in [3.05, 3.63) is 47.5 Å². The molecule has 4 N–H and O–H groups in total. The number of carbonyl (C=O) groups excluding carboxylic acids is 3. The van der Waals surface area contributed by atoms with Gasteiger partial charge in [-0.25, -0.2) is 14.9 Å². The van der Waals surface area contributed by atoms with Gasteiger partial charge in [-0.1, -0.05) is 0 Å². The molecule has 0 atom stereocenters. The average molecular weight is 493 g/mol. The van der Waals surface area contributed by atoms with Gasteiger partial charge in [0.15, 0.2) is 5.78 Å². The van der Waals surface area contributed by atoms with E-state index >= 15 is 0 Å². The number of alkyl carbamates (subject to hydrolysis) is 1. The third-order valence-corrected chi connectivity index (χ3v) is 5.25. The third kappa shape index (κ3) is 5.62. The maximum absolute atomic E-state index is 12.6. The van der Waals surface area contributed by atoms with Crippen molar-refractivity contribution in [1.82, 2.24) is 25.5 Å². The van der Waals surface area contributed by atoms with E-state index in [1.807, 2.05) is 6.07 Å². The van der Waals surface area contributed by atoms with Crippen molar-refractivity contribution in [3.8, 4) is 17.0 Å². The Morgan fingerprint density at radius 2 is 2.00 bits per heavy atom. The summed E-state index contributed by atoms with van der Waals surface area (Å²) in [6.45, 7) is 7.60. The lowest BCUT2D eigenvalue weighted by Crippen LogP contribution is -2.33. The van der Waals surface area contributed by atoms with Crippen LogP contribution in [-0.2, 0) is 9.53 Å². The van der Waals surface area contributed by atoms with E-state index in [4.69, 9.17) is 9.47 Å². The van der Waals surface area contributed by atoms with Crippen molar-refractivity contribution in [2.75, 3.05) is 18.5 Å². The van der Waals surface area contributed by atoms with Gasteiger partial charge in [-0.15, -0.1) is 0 Å². The molecule has 1 aliphatic heterocycles. The van der Waals surface area contributed by atoms with Gasteiger partial charge in [0, 0.05) is 41.3 Å². The normalized spacial score (nSPS) is 13.9. The minimum absolute atomic E-state index is 0.102. The molecule has 4 heterocycles. The number of hydrogen-bond donors (Lipinski definition) is 4. The summed E-state index contributed by atoms with van der Waals surface area (Å²) in [5.74, 6) is 0.472. The second kappa shape index (κ2) is 10.1. The SMILES string of the molecule is CC(=O)c1cc[nH]c1/C=C1\C(=O)Nc2ncc(-c3cn[nH]c3OCCCNC(=O)OC(C)(C)C)cc21. The molecule has 3 aromatic rings. The van der Waals surface area contributed by atoms with Crippen molar-refractivity contribution >= 4 is 35.3 Å². The first-order valence-corrected chi connectivity index (χ1v) is 11.5. The summed E-state index contributed by atoms with van der Waals surface area (Å²) in [5, 5.41) is 12.3.